The van der Waals surface area contributed by atoms with Crippen molar-refractivity contribution in [3.63, 3.8) is 0 Å². The van der Waals surface area contributed by atoms with Gasteiger partial charge in [0.1, 0.15) is 12.7 Å². The van der Waals surface area contributed by atoms with Crippen molar-refractivity contribution in [3.05, 3.63) is 28.3 Å². The minimum Gasteiger partial charge on any atom is -0.371 e. The summed E-state index contributed by atoms with van der Waals surface area (Å²) in [6.45, 7) is 12.3. The highest BCUT2D eigenvalue weighted by atomic mass is 16.5. The summed E-state index contributed by atoms with van der Waals surface area (Å²) < 4.78 is 11.9. The number of rotatable bonds is 7. The van der Waals surface area contributed by atoms with E-state index in [1.807, 2.05) is 4.90 Å². The Morgan fingerprint density at radius 1 is 1.24 bits per heavy atom. The van der Waals surface area contributed by atoms with Gasteiger partial charge in [-0.05, 0) is 80.0 Å². The van der Waals surface area contributed by atoms with Gasteiger partial charge in [-0.15, -0.1) is 0 Å². The van der Waals surface area contributed by atoms with E-state index in [1.165, 1.54) is 42.4 Å². The molecule has 1 amide bonds. The summed E-state index contributed by atoms with van der Waals surface area (Å²) in [6, 6.07) is 4.96. The summed E-state index contributed by atoms with van der Waals surface area (Å²) in [6.07, 6.45) is 5.67. The summed E-state index contributed by atoms with van der Waals surface area (Å²) in [7, 11) is 0. The Bertz CT molecular complexity index is 988. The van der Waals surface area contributed by atoms with E-state index in [0.29, 0.717) is 37.5 Å². The normalized spacial score (nSPS) is 24.2. The third-order valence-corrected chi connectivity index (χ3v) is 8.03. The number of nitrogens with zero attached hydrogens (tertiary/aromatic N) is 3. The molecule has 6 nitrogen and oxygen atoms in total. The Morgan fingerprint density at radius 2 is 2.00 bits per heavy atom. The highest BCUT2D eigenvalue weighted by molar-refractivity contribution is 5.78. The molecular formula is C28H39N3O3. The SMILES string of the molecule is CC(C)C1CN(c2cc(C3CC3)c3c(c2C#N)CC(C)(C)OC3)CCN1C(=O)COCC1CC1. The van der Waals surface area contributed by atoms with Gasteiger partial charge in [-0.3, -0.25) is 4.79 Å². The van der Waals surface area contributed by atoms with Crippen LogP contribution in [0.5, 0.6) is 0 Å². The number of benzene rings is 1. The molecule has 1 unspecified atom stereocenters. The Morgan fingerprint density at radius 3 is 2.65 bits per heavy atom. The molecule has 0 bridgehead atoms. The van der Waals surface area contributed by atoms with Crippen LogP contribution in [-0.4, -0.2) is 55.3 Å². The van der Waals surface area contributed by atoms with Gasteiger partial charge in [-0.25, -0.2) is 0 Å². The van der Waals surface area contributed by atoms with Crippen molar-refractivity contribution in [3.8, 4) is 6.07 Å². The van der Waals surface area contributed by atoms with Crippen LogP contribution in [0.15, 0.2) is 6.07 Å². The molecule has 1 atom stereocenters. The second-order valence-electron chi connectivity index (χ2n) is 11.7. The molecule has 2 heterocycles. The summed E-state index contributed by atoms with van der Waals surface area (Å²) in [4.78, 5) is 17.4. The number of nitriles is 1. The van der Waals surface area contributed by atoms with Crippen LogP contribution in [0.4, 0.5) is 5.69 Å². The van der Waals surface area contributed by atoms with Crippen LogP contribution in [0.2, 0.25) is 0 Å². The first-order valence-electron chi connectivity index (χ1n) is 13.1. The third-order valence-electron chi connectivity index (χ3n) is 8.03. The standard InChI is InChI=1S/C28H39N3O3/c1-18(2)26-14-30(9-10-31(26)27(32)17-33-15-19-5-6-19)25-11-21(20-7-8-20)24-16-34-28(3,4)12-22(24)23(25)13-29/h11,18-20,26H,5-10,12,14-17H2,1-4H3. The summed E-state index contributed by atoms with van der Waals surface area (Å²) in [5, 5.41) is 10.3. The molecule has 2 aliphatic carbocycles. The fraction of sp³-hybridized carbons (Fsp3) is 0.714. The molecule has 1 aromatic carbocycles. The van der Waals surface area contributed by atoms with E-state index in [0.717, 1.165) is 30.8 Å². The zero-order valence-corrected chi connectivity index (χ0v) is 21.2. The van der Waals surface area contributed by atoms with Crippen molar-refractivity contribution >= 4 is 11.6 Å². The van der Waals surface area contributed by atoms with Crippen LogP contribution in [0, 0.1) is 23.2 Å². The van der Waals surface area contributed by atoms with Gasteiger partial charge < -0.3 is 19.3 Å². The van der Waals surface area contributed by atoms with Crippen molar-refractivity contribution in [2.45, 2.75) is 84.0 Å². The van der Waals surface area contributed by atoms with Gasteiger partial charge in [0.15, 0.2) is 0 Å². The lowest BCUT2D eigenvalue weighted by Crippen LogP contribution is -2.58. The molecule has 6 heteroatoms. The van der Waals surface area contributed by atoms with E-state index in [-0.39, 0.29) is 24.2 Å². The lowest BCUT2D eigenvalue weighted by atomic mass is 9.83. The Labute approximate surface area is 204 Å². The number of ether oxygens (including phenoxy) is 2. The van der Waals surface area contributed by atoms with Crippen LogP contribution in [-0.2, 0) is 27.3 Å². The zero-order valence-electron chi connectivity index (χ0n) is 21.2. The van der Waals surface area contributed by atoms with Crippen molar-refractivity contribution in [2.24, 2.45) is 11.8 Å². The molecule has 1 saturated heterocycles. The molecule has 2 aliphatic heterocycles. The fourth-order valence-electron chi connectivity index (χ4n) is 5.62. The summed E-state index contributed by atoms with van der Waals surface area (Å²) in [5.41, 5.74) is 5.43. The number of fused-ring (bicyclic) bond motifs is 1. The van der Waals surface area contributed by atoms with Crippen molar-refractivity contribution in [1.82, 2.24) is 4.90 Å². The zero-order chi connectivity index (χ0) is 24.0. The number of carbonyl (C=O) groups is 1. The van der Waals surface area contributed by atoms with Crippen LogP contribution >= 0.6 is 0 Å². The lowest BCUT2D eigenvalue weighted by Gasteiger charge is -2.45. The second kappa shape index (κ2) is 9.17. The van der Waals surface area contributed by atoms with E-state index in [2.05, 4.69) is 44.7 Å². The average molecular weight is 466 g/mol. The van der Waals surface area contributed by atoms with E-state index >= 15 is 0 Å². The quantitative estimate of drug-likeness (QED) is 0.598. The number of hydrogen-bond donors (Lipinski definition) is 0. The Kier molecular flexibility index (Phi) is 6.37. The van der Waals surface area contributed by atoms with Crippen LogP contribution < -0.4 is 4.90 Å². The van der Waals surface area contributed by atoms with Gasteiger partial charge in [0, 0.05) is 26.1 Å². The number of carbonyl (C=O) groups excluding carboxylic acids is 1. The molecule has 0 spiro atoms. The summed E-state index contributed by atoms with van der Waals surface area (Å²) >= 11 is 0. The molecular weight excluding hydrogens is 426 g/mol. The van der Waals surface area contributed by atoms with E-state index in [9.17, 15) is 10.1 Å². The van der Waals surface area contributed by atoms with E-state index in [4.69, 9.17) is 9.47 Å². The van der Waals surface area contributed by atoms with Gasteiger partial charge >= 0.3 is 0 Å². The van der Waals surface area contributed by atoms with Crippen LogP contribution in [0.3, 0.4) is 0 Å². The minimum absolute atomic E-state index is 0.0996. The molecule has 5 rings (SSSR count). The van der Waals surface area contributed by atoms with Crippen molar-refractivity contribution in [1.29, 1.82) is 5.26 Å². The number of anilines is 1. The highest BCUT2D eigenvalue weighted by Crippen LogP contribution is 2.47. The topological polar surface area (TPSA) is 65.8 Å². The monoisotopic (exact) mass is 465 g/mol. The van der Waals surface area contributed by atoms with Crippen molar-refractivity contribution < 1.29 is 14.3 Å². The molecule has 0 N–H and O–H groups in total. The van der Waals surface area contributed by atoms with Crippen molar-refractivity contribution in [2.75, 3.05) is 37.7 Å². The fourth-order valence-corrected chi connectivity index (χ4v) is 5.62. The predicted octanol–water partition coefficient (Wildman–Crippen LogP) is 4.39. The molecule has 3 fully saturated rings. The lowest BCUT2D eigenvalue weighted by molar-refractivity contribution is -0.140. The molecule has 4 aliphatic rings. The average Bonchev–Trinajstić information content (AvgIpc) is 3.71. The number of amides is 1. The van der Waals surface area contributed by atoms with Gasteiger partial charge in [-0.1, -0.05) is 13.8 Å². The van der Waals surface area contributed by atoms with Gasteiger partial charge in [0.05, 0.1) is 36.1 Å². The maximum atomic E-state index is 13.0. The largest absolute Gasteiger partial charge is 0.371 e. The van der Waals surface area contributed by atoms with Crippen LogP contribution in [0.25, 0.3) is 0 Å². The molecule has 2 saturated carbocycles. The number of hydrogen-bond acceptors (Lipinski definition) is 5. The minimum atomic E-state index is -0.260. The smallest absolute Gasteiger partial charge is 0.248 e. The van der Waals surface area contributed by atoms with Gasteiger partial charge in [0.25, 0.3) is 0 Å². The molecule has 0 radical (unpaired) electrons. The Hall–Kier alpha value is -2.10. The predicted molar refractivity (Wildman–Crippen MR) is 132 cm³/mol. The maximum absolute atomic E-state index is 13.0. The maximum Gasteiger partial charge on any atom is 0.248 e. The third kappa shape index (κ3) is 4.83. The van der Waals surface area contributed by atoms with Gasteiger partial charge in [-0.2, -0.15) is 5.26 Å². The first-order valence-corrected chi connectivity index (χ1v) is 13.1. The molecule has 0 aromatic heterocycles. The number of piperazine rings is 1. The van der Waals surface area contributed by atoms with Crippen LogP contribution in [0.1, 0.15) is 81.5 Å². The Balaban J connectivity index is 1.41. The first kappa shape index (κ1) is 23.6. The highest BCUT2D eigenvalue weighted by Gasteiger charge is 2.38. The second-order valence-corrected chi connectivity index (χ2v) is 11.7. The molecule has 184 valence electrons. The molecule has 34 heavy (non-hydrogen) atoms. The van der Waals surface area contributed by atoms with E-state index in [1.54, 1.807) is 0 Å². The summed E-state index contributed by atoms with van der Waals surface area (Å²) in [5.74, 6) is 1.68. The van der Waals surface area contributed by atoms with E-state index < -0.39 is 0 Å². The first-order chi connectivity index (χ1) is 16.3. The van der Waals surface area contributed by atoms with Gasteiger partial charge in [0.2, 0.25) is 5.91 Å². The molecule has 1 aromatic rings.